The van der Waals surface area contributed by atoms with Crippen LogP contribution >= 0.6 is 0 Å². The van der Waals surface area contributed by atoms with Crippen LogP contribution in [0.3, 0.4) is 0 Å². The number of aromatic nitrogens is 1. The monoisotopic (exact) mass is 430 g/mol. The Hall–Kier alpha value is -3.10. The number of rotatable bonds is 5. The number of nitro benzene ring substituents is 1. The fraction of sp³-hybridized carbons (Fsp3) is 0.545. The van der Waals surface area contributed by atoms with Crippen molar-refractivity contribution < 1.29 is 19.3 Å². The molecule has 0 bridgehead atoms. The molecule has 2 aromatic rings. The van der Waals surface area contributed by atoms with Crippen LogP contribution in [0.4, 0.5) is 16.2 Å². The van der Waals surface area contributed by atoms with Crippen LogP contribution in [0.25, 0.3) is 11.1 Å². The molecule has 2 atom stereocenters. The molecule has 1 fully saturated rings. The Labute approximate surface area is 181 Å². The van der Waals surface area contributed by atoms with E-state index in [1.165, 1.54) is 4.90 Å². The number of anilines is 1. The van der Waals surface area contributed by atoms with Crippen molar-refractivity contribution >= 4 is 17.5 Å². The van der Waals surface area contributed by atoms with Crippen LogP contribution in [0, 0.1) is 35.3 Å². The van der Waals surface area contributed by atoms with Gasteiger partial charge in [-0.3, -0.25) is 10.1 Å². The Morgan fingerprint density at radius 1 is 1.39 bits per heavy atom. The third kappa shape index (κ3) is 4.81. The Balaban J connectivity index is 1.77. The number of hydrogen-bond donors (Lipinski definition) is 2. The molecule has 0 radical (unpaired) electrons. The van der Waals surface area contributed by atoms with Gasteiger partial charge in [-0.1, -0.05) is 32.0 Å². The molecule has 1 aromatic carbocycles. The second-order valence-electron chi connectivity index (χ2n) is 9.32. The van der Waals surface area contributed by atoms with Crippen molar-refractivity contribution in [1.82, 2.24) is 10.1 Å². The van der Waals surface area contributed by atoms with Crippen molar-refractivity contribution in [3.05, 3.63) is 39.8 Å². The van der Waals surface area contributed by atoms with E-state index in [1.54, 1.807) is 26.0 Å². The zero-order valence-corrected chi connectivity index (χ0v) is 18.6. The molecule has 31 heavy (non-hydrogen) atoms. The molecule has 0 spiro atoms. The molecule has 0 aliphatic carbocycles. The van der Waals surface area contributed by atoms with E-state index in [-0.39, 0.29) is 23.1 Å². The highest BCUT2D eigenvalue weighted by Gasteiger charge is 2.38. The molecule has 1 aliphatic heterocycles. The number of nitrogens with one attached hydrogen (secondary N) is 1. The van der Waals surface area contributed by atoms with Crippen LogP contribution in [0.2, 0.25) is 0 Å². The van der Waals surface area contributed by atoms with Gasteiger partial charge >= 0.3 is 6.09 Å². The largest absolute Gasteiger partial charge is 0.465 e. The lowest BCUT2D eigenvalue weighted by molar-refractivity contribution is -0.383. The molecule has 168 valence electrons. The fourth-order valence-corrected chi connectivity index (χ4v) is 4.41. The zero-order chi connectivity index (χ0) is 22.9. The molecule has 1 saturated heterocycles. The normalized spacial score (nSPS) is 19.3. The van der Waals surface area contributed by atoms with E-state index >= 15 is 0 Å². The number of nitrogens with zero attached hydrogens (tertiary/aromatic N) is 3. The fourth-order valence-electron chi connectivity index (χ4n) is 4.41. The van der Waals surface area contributed by atoms with Crippen molar-refractivity contribution in [1.29, 1.82) is 0 Å². The number of carboxylic acid groups (broad SMARTS) is 1. The number of aryl methyl sites for hydroxylation is 2. The van der Waals surface area contributed by atoms with Crippen molar-refractivity contribution in [2.45, 2.75) is 53.5 Å². The standard InChI is InChI=1S/C22H30N4O5/c1-13-20(14(2)31-24-13)16-6-7-17(18(11-16)26(29)30)23-12-15-8-9-25(21(27)28)19(10-15)22(3,4)5/h6-7,11,15,19,23H,8-10,12H2,1-5H3,(H,27,28). The smallest absolute Gasteiger partial charge is 0.407 e. The molecular weight excluding hydrogens is 400 g/mol. The van der Waals surface area contributed by atoms with Gasteiger partial charge in [0.2, 0.25) is 0 Å². The van der Waals surface area contributed by atoms with E-state index in [0.29, 0.717) is 42.2 Å². The minimum atomic E-state index is -0.892. The maximum Gasteiger partial charge on any atom is 0.407 e. The topological polar surface area (TPSA) is 122 Å². The Kier molecular flexibility index (Phi) is 6.24. The summed E-state index contributed by atoms with van der Waals surface area (Å²) >= 11 is 0. The van der Waals surface area contributed by atoms with Gasteiger partial charge in [0.15, 0.2) is 0 Å². The first kappa shape index (κ1) is 22.6. The van der Waals surface area contributed by atoms with Crippen molar-refractivity contribution in [2.75, 3.05) is 18.4 Å². The summed E-state index contributed by atoms with van der Waals surface area (Å²) in [5.41, 5.74) is 2.41. The van der Waals surface area contributed by atoms with Gasteiger partial charge in [0.05, 0.1) is 10.6 Å². The average Bonchev–Trinajstić information content (AvgIpc) is 3.03. The third-order valence-electron chi connectivity index (χ3n) is 6.05. The number of nitro groups is 1. The molecule has 1 aliphatic rings. The summed E-state index contributed by atoms with van der Waals surface area (Å²) < 4.78 is 5.19. The van der Waals surface area contributed by atoms with Crippen LogP contribution in [0.15, 0.2) is 22.7 Å². The summed E-state index contributed by atoms with van der Waals surface area (Å²) in [5.74, 6) is 0.840. The molecule has 9 nitrogen and oxygen atoms in total. The molecule has 0 saturated carbocycles. The van der Waals surface area contributed by atoms with Gasteiger partial charge < -0.3 is 19.8 Å². The van der Waals surface area contributed by atoms with E-state index in [9.17, 15) is 20.0 Å². The number of carbonyl (C=O) groups is 1. The lowest BCUT2D eigenvalue weighted by Crippen LogP contribution is -2.52. The molecule has 2 N–H and O–H groups in total. The average molecular weight is 431 g/mol. The van der Waals surface area contributed by atoms with Gasteiger partial charge in [-0.25, -0.2) is 4.79 Å². The van der Waals surface area contributed by atoms with Crippen molar-refractivity contribution in [3.8, 4) is 11.1 Å². The van der Waals surface area contributed by atoms with Crippen LogP contribution in [-0.4, -0.2) is 45.3 Å². The molecule has 1 amide bonds. The van der Waals surface area contributed by atoms with E-state index in [0.717, 1.165) is 12.0 Å². The minimum absolute atomic E-state index is 0.00663. The van der Waals surface area contributed by atoms with Gasteiger partial charge in [0, 0.05) is 30.8 Å². The summed E-state index contributed by atoms with van der Waals surface area (Å²) in [6.45, 7) is 10.7. The van der Waals surface area contributed by atoms with Crippen molar-refractivity contribution in [3.63, 3.8) is 0 Å². The predicted octanol–water partition coefficient (Wildman–Crippen LogP) is 5.08. The lowest BCUT2D eigenvalue weighted by atomic mass is 9.77. The maximum atomic E-state index is 11.7. The van der Waals surface area contributed by atoms with Gasteiger partial charge in [-0.05, 0) is 49.7 Å². The molecule has 3 rings (SSSR count). The second kappa shape index (κ2) is 8.56. The summed E-state index contributed by atoms with van der Waals surface area (Å²) in [4.78, 5) is 24.5. The van der Waals surface area contributed by atoms with Crippen LogP contribution in [-0.2, 0) is 0 Å². The van der Waals surface area contributed by atoms with E-state index in [1.807, 2.05) is 26.8 Å². The second-order valence-corrected chi connectivity index (χ2v) is 9.32. The summed E-state index contributed by atoms with van der Waals surface area (Å²) in [6, 6.07) is 4.99. The number of hydrogen-bond acceptors (Lipinski definition) is 6. The molecule has 1 aromatic heterocycles. The SMILES string of the molecule is Cc1noc(C)c1-c1ccc(NCC2CCN(C(=O)O)C(C(C)(C)C)C2)c([N+](=O)[O-])c1. The quantitative estimate of drug-likeness (QED) is 0.501. The van der Waals surface area contributed by atoms with Crippen LogP contribution in [0.1, 0.15) is 45.1 Å². The number of piperidine rings is 1. The zero-order valence-electron chi connectivity index (χ0n) is 18.6. The van der Waals surface area contributed by atoms with Gasteiger partial charge in [-0.15, -0.1) is 0 Å². The Morgan fingerprint density at radius 2 is 2.10 bits per heavy atom. The van der Waals surface area contributed by atoms with Crippen molar-refractivity contribution in [2.24, 2.45) is 11.3 Å². The number of likely N-dealkylation sites (tertiary alicyclic amines) is 1. The van der Waals surface area contributed by atoms with Crippen LogP contribution < -0.4 is 5.32 Å². The molecule has 2 heterocycles. The van der Waals surface area contributed by atoms with E-state index in [2.05, 4.69) is 10.5 Å². The minimum Gasteiger partial charge on any atom is -0.465 e. The first-order valence-corrected chi connectivity index (χ1v) is 10.4. The van der Waals surface area contributed by atoms with Gasteiger partial charge in [0.25, 0.3) is 5.69 Å². The summed E-state index contributed by atoms with van der Waals surface area (Å²) in [6.07, 6.45) is 0.543. The highest BCUT2D eigenvalue weighted by molar-refractivity contribution is 5.75. The third-order valence-corrected chi connectivity index (χ3v) is 6.05. The van der Waals surface area contributed by atoms with E-state index < -0.39 is 11.0 Å². The lowest BCUT2D eigenvalue weighted by Gasteiger charge is -2.44. The Morgan fingerprint density at radius 3 is 2.65 bits per heavy atom. The number of benzene rings is 1. The first-order chi connectivity index (χ1) is 14.5. The highest BCUT2D eigenvalue weighted by atomic mass is 16.6. The van der Waals surface area contributed by atoms with E-state index in [4.69, 9.17) is 4.52 Å². The van der Waals surface area contributed by atoms with Gasteiger partial charge in [0.1, 0.15) is 11.4 Å². The molecule has 2 unspecified atom stereocenters. The highest BCUT2D eigenvalue weighted by Crippen LogP contribution is 2.36. The summed E-state index contributed by atoms with van der Waals surface area (Å²) in [7, 11) is 0. The van der Waals surface area contributed by atoms with Gasteiger partial charge in [-0.2, -0.15) is 0 Å². The predicted molar refractivity (Wildman–Crippen MR) is 117 cm³/mol. The first-order valence-electron chi connectivity index (χ1n) is 10.4. The maximum absolute atomic E-state index is 11.7. The Bertz CT molecular complexity index is 959. The van der Waals surface area contributed by atoms with Crippen LogP contribution in [0.5, 0.6) is 0 Å². The number of amides is 1. The molecule has 9 heteroatoms. The summed E-state index contributed by atoms with van der Waals surface area (Å²) in [5, 5.41) is 28.4. The molecular formula is C22H30N4O5.